The number of anilines is 1. The average Bonchev–Trinajstić information content (AvgIpc) is 2.08. The smallest absolute Gasteiger partial charge is 0.0493 e. The Hall–Kier alpha value is -0.770. The molecule has 2 N–H and O–H groups in total. The van der Waals surface area contributed by atoms with Gasteiger partial charge in [0, 0.05) is 36.9 Å². The maximum absolute atomic E-state index is 8.62. The highest BCUT2D eigenvalue weighted by molar-refractivity contribution is 6.31. The summed E-state index contributed by atoms with van der Waals surface area (Å²) < 4.78 is 0. The Kier molecular flexibility index (Phi) is 3.54. The van der Waals surface area contributed by atoms with E-state index in [-0.39, 0.29) is 0 Å². The zero-order chi connectivity index (χ0) is 9.84. The lowest BCUT2D eigenvalue weighted by molar-refractivity contribution is 0.161. The van der Waals surface area contributed by atoms with Crippen molar-refractivity contribution in [3.8, 4) is 0 Å². The van der Waals surface area contributed by atoms with Gasteiger partial charge in [-0.15, -0.1) is 0 Å². The molecule has 0 aromatic heterocycles. The molecule has 0 aliphatic heterocycles. The van der Waals surface area contributed by atoms with Crippen LogP contribution in [0.3, 0.4) is 0 Å². The zero-order valence-electron chi connectivity index (χ0n) is 7.71. The predicted molar refractivity (Wildman–Crippen MR) is 54.4 cm³/mol. The molecule has 13 heavy (non-hydrogen) atoms. The van der Waals surface area contributed by atoms with E-state index in [1.165, 1.54) is 0 Å². The van der Waals surface area contributed by atoms with Crippen LogP contribution in [0.1, 0.15) is 5.56 Å². The van der Waals surface area contributed by atoms with Gasteiger partial charge >= 0.3 is 0 Å². The molecule has 0 saturated carbocycles. The lowest BCUT2D eigenvalue weighted by atomic mass is 10.1. The van der Waals surface area contributed by atoms with Crippen molar-refractivity contribution >= 4 is 17.3 Å². The Morgan fingerprint density at radius 2 is 2.15 bits per heavy atom. The normalized spacial score (nSPS) is 10.2. The molecular formula is C9H13ClN2O. The Balaban J connectivity index is 3.09. The molecule has 1 aromatic rings. The standard InChI is InChI=1S/C9H13ClN2O/c1-12(2)9-5-3-4-8(10)7(9)6-11-13/h3-5,11,13H,6H2,1-2H3. The van der Waals surface area contributed by atoms with Gasteiger partial charge in [0.15, 0.2) is 0 Å². The van der Waals surface area contributed by atoms with Crippen molar-refractivity contribution in [2.75, 3.05) is 19.0 Å². The van der Waals surface area contributed by atoms with Gasteiger partial charge in [-0.2, -0.15) is 0 Å². The van der Waals surface area contributed by atoms with E-state index in [1.807, 2.05) is 31.1 Å². The zero-order valence-corrected chi connectivity index (χ0v) is 8.47. The van der Waals surface area contributed by atoms with Gasteiger partial charge in [-0.05, 0) is 12.1 Å². The van der Waals surface area contributed by atoms with E-state index < -0.39 is 0 Å². The molecule has 0 amide bonds. The molecule has 0 saturated heterocycles. The van der Waals surface area contributed by atoms with Gasteiger partial charge in [-0.3, -0.25) is 0 Å². The van der Waals surface area contributed by atoms with Crippen LogP contribution in [0.4, 0.5) is 5.69 Å². The van der Waals surface area contributed by atoms with Crippen LogP contribution in [0.15, 0.2) is 18.2 Å². The third kappa shape index (κ3) is 2.34. The van der Waals surface area contributed by atoms with Crippen molar-refractivity contribution in [3.63, 3.8) is 0 Å². The number of hydroxylamine groups is 1. The highest BCUT2D eigenvalue weighted by Crippen LogP contribution is 2.25. The van der Waals surface area contributed by atoms with Crippen molar-refractivity contribution in [1.82, 2.24) is 5.48 Å². The van der Waals surface area contributed by atoms with Gasteiger partial charge < -0.3 is 10.1 Å². The summed E-state index contributed by atoms with van der Waals surface area (Å²) in [7, 11) is 3.87. The van der Waals surface area contributed by atoms with Crippen molar-refractivity contribution in [2.45, 2.75) is 6.54 Å². The number of benzene rings is 1. The van der Waals surface area contributed by atoms with Gasteiger partial charge in [0.25, 0.3) is 0 Å². The predicted octanol–water partition coefficient (Wildman–Crippen LogP) is 1.88. The summed E-state index contributed by atoms with van der Waals surface area (Å²) in [6.07, 6.45) is 0. The van der Waals surface area contributed by atoms with Gasteiger partial charge in [0.1, 0.15) is 0 Å². The third-order valence-corrected chi connectivity index (χ3v) is 2.19. The Bertz CT molecular complexity index is 289. The fraction of sp³-hybridized carbons (Fsp3) is 0.333. The Morgan fingerprint density at radius 1 is 1.46 bits per heavy atom. The SMILES string of the molecule is CN(C)c1cccc(Cl)c1CNO. The molecule has 0 spiro atoms. The molecule has 72 valence electrons. The summed E-state index contributed by atoms with van der Waals surface area (Å²) in [5.74, 6) is 0. The topological polar surface area (TPSA) is 35.5 Å². The minimum Gasteiger partial charge on any atom is -0.377 e. The van der Waals surface area contributed by atoms with Crippen molar-refractivity contribution < 1.29 is 5.21 Å². The molecule has 0 unspecified atom stereocenters. The summed E-state index contributed by atoms with van der Waals surface area (Å²) in [4.78, 5) is 1.96. The van der Waals surface area contributed by atoms with Crippen LogP contribution < -0.4 is 10.4 Å². The second kappa shape index (κ2) is 4.46. The highest BCUT2D eigenvalue weighted by Gasteiger charge is 2.07. The molecule has 0 radical (unpaired) electrons. The molecule has 0 aliphatic carbocycles. The Labute approximate surface area is 82.9 Å². The summed E-state index contributed by atoms with van der Waals surface area (Å²) >= 11 is 5.97. The number of nitrogens with one attached hydrogen (secondary N) is 1. The van der Waals surface area contributed by atoms with E-state index in [0.717, 1.165) is 11.3 Å². The van der Waals surface area contributed by atoms with Crippen LogP contribution in [-0.4, -0.2) is 19.3 Å². The van der Waals surface area contributed by atoms with Crippen LogP contribution >= 0.6 is 11.6 Å². The highest BCUT2D eigenvalue weighted by atomic mass is 35.5. The van der Waals surface area contributed by atoms with Crippen LogP contribution in [0.25, 0.3) is 0 Å². The minimum atomic E-state index is 0.354. The van der Waals surface area contributed by atoms with Crippen LogP contribution in [0, 0.1) is 0 Å². The number of nitrogens with zero attached hydrogens (tertiary/aromatic N) is 1. The lowest BCUT2D eigenvalue weighted by Gasteiger charge is -2.17. The quantitative estimate of drug-likeness (QED) is 0.732. The van der Waals surface area contributed by atoms with Gasteiger partial charge in [0.05, 0.1) is 0 Å². The molecule has 0 bridgehead atoms. The molecule has 0 fully saturated rings. The van der Waals surface area contributed by atoms with E-state index in [9.17, 15) is 0 Å². The van der Waals surface area contributed by atoms with Gasteiger partial charge in [-0.1, -0.05) is 17.7 Å². The molecule has 0 aliphatic rings. The van der Waals surface area contributed by atoms with Crippen molar-refractivity contribution in [2.24, 2.45) is 0 Å². The fourth-order valence-electron chi connectivity index (χ4n) is 1.22. The first kappa shape index (κ1) is 10.3. The van der Waals surface area contributed by atoms with Crippen molar-refractivity contribution in [1.29, 1.82) is 0 Å². The van der Waals surface area contributed by atoms with Crippen molar-refractivity contribution in [3.05, 3.63) is 28.8 Å². The molecule has 4 heteroatoms. The number of hydrogen-bond donors (Lipinski definition) is 2. The number of hydrogen-bond acceptors (Lipinski definition) is 3. The molecule has 1 aromatic carbocycles. The number of halogens is 1. The van der Waals surface area contributed by atoms with E-state index in [0.29, 0.717) is 11.6 Å². The molecular weight excluding hydrogens is 188 g/mol. The maximum atomic E-state index is 8.62. The Morgan fingerprint density at radius 3 is 2.69 bits per heavy atom. The van der Waals surface area contributed by atoms with E-state index in [4.69, 9.17) is 16.8 Å². The maximum Gasteiger partial charge on any atom is 0.0493 e. The minimum absolute atomic E-state index is 0.354. The van der Waals surface area contributed by atoms with E-state index >= 15 is 0 Å². The van der Waals surface area contributed by atoms with E-state index in [2.05, 4.69) is 5.48 Å². The first-order valence-electron chi connectivity index (χ1n) is 3.98. The van der Waals surface area contributed by atoms with Crippen LogP contribution in [-0.2, 0) is 6.54 Å². The monoisotopic (exact) mass is 200 g/mol. The number of rotatable bonds is 3. The van der Waals surface area contributed by atoms with Crippen LogP contribution in [0.5, 0.6) is 0 Å². The third-order valence-electron chi connectivity index (χ3n) is 1.83. The second-order valence-electron chi connectivity index (χ2n) is 2.97. The summed E-state index contributed by atoms with van der Waals surface area (Å²) in [5, 5.41) is 9.28. The largest absolute Gasteiger partial charge is 0.377 e. The van der Waals surface area contributed by atoms with Gasteiger partial charge in [-0.25, -0.2) is 5.48 Å². The summed E-state index contributed by atoms with van der Waals surface area (Å²) in [6.45, 7) is 0.354. The lowest BCUT2D eigenvalue weighted by Crippen LogP contribution is -2.15. The molecule has 0 heterocycles. The summed E-state index contributed by atoms with van der Waals surface area (Å²) in [5.41, 5.74) is 4.02. The van der Waals surface area contributed by atoms with E-state index in [1.54, 1.807) is 6.07 Å². The molecule has 0 atom stereocenters. The first-order valence-corrected chi connectivity index (χ1v) is 4.36. The van der Waals surface area contributed by atoms with Crippen LogP contribution in [0.2, 0.25) is 5.02 Å². The van der Waals surface area contributed by atoms with Gasteiger partial charge in [0.2, 0.25) is 0 Å². The first-order chi connectivity index (χ1) is 6.16. The molecule has 1 rings (SSSR count). The second-order valence-corrected chi connectivity index (χ2v) is 3.37. The fourth-order valence-corrected chi connectivity index (χ4v) is 1.46. The average molecular weight is 201 g/mol. The molecule has 3 nitrogen and oxygen atoms in total. The summed E-state index contributed by atoms with van der Waals surface area (Å²) in [6, 6.07) is 5.65.